The van der Waals surface area contributed by atoms with Gasteiger partial charge in [-0.1, -0.05) is 17.7 Å². The van der Waals surface area contributed by atoms with Crippen molar-refractivity contribution in [2.24, 2.45) is 5.92 Å². The summed E-state index contributed by atoms with van der Waals surface area (Å²) in [5.74, 6) is 1.91. The molecule has 1 spiro atoms. The van der Waals surface area contributed by atoms with Gasteiger partial charge in [0, 0.05) is 5.41 Å². The quantitative estimate of drug-likeness (QED) is 0.674. The summed E-state index contributed by atoms with van der Waals surface area (Å²) in [5, 5.41) is 0. The zero-order chi connectivity index (χ0) is 12.2. The molecule has 0 aromatic heterocycles. The highest BCUT2D eigenvalue weighted by molar-refractivity contribution is 5.46. The Labute approximate surface area is 109 Å². The summed E-state index contributed by atoms with van der Waals surface area (Å²) < 4.78 is 5.38. The SMILES string of the molecule is COc1ccc2c(c1)CCCC21CC2=CCC1C2. The van der Waals surface area contributed by atoms with Gasteiger partial charge in [-0.2, -0.15) is 0 Å². The van der Waals surface area contributed by atoms with Crippen LogP contribution >= 0.6 is 0 Å². The summed E-state index contributed by atoms with van der Waals surface area (Å²) in [6.45, 7) is 0. The van der Waals surface area contributed by atoms with Crippen molar-refractivity contribution in [1.82, 2.24) is 0 Å². The number of allylic oxidation sites excluding steroid dienone is 2. The second-order valence-electron chi connectivity index (χ2n) is 6.21. The Hall–Kier alpha value is -1.24. The summed E-state index contributed by atoms with van der Waals surface area (Å²) >= 11 is 0. The Balaban J connectivity index is 1.84. The Kier molecular flexibility index (Phi) is 2.15. The number of rotatable bonds is 1. The third kappa shape index (κ3) is 1.28. The zero-order valence-electron chi connectivity index (χ0n) is 11.0. The predicted octanol–water partition coefficient (Wildman–Crippen LogP) is 4.01. The Morgan fingerprint density at radius 1 is 1.33 bits per heavy atom. The van der Waals surface area contributed by atoms with Gasteiger partial charge < -0.3 is 4.74 Å². The maximum Gasteiger partial charge on any atom is 0.119 e. The molecular formula is C17H20O. The normalized spacial score (nSPS) is 32.5. The standard InChI is InChI=1S/C17H20O/c1-18-15-6-7-16-13(10-15)3-2-8-17(16)11-12-4-5-14(17)9-12/h4,6-7,10,14H,2-3,5,8-9,11H2,1H3. The lowest BCUT2D eigenvalue weighted by atomic mass is 9.62. The Bertz CT molecular complexity index is 528. The van der Waals surface area contributed by atoms with E-state index in [0.29, 0.717) is 5.41 Å². The average Bonchev–Trinajstić information content (AvgIpc) is 2.99. The molecule has 3 aliphatic rings. The number of aryl methyl sites for hydroxylation is 1. The lowest BCUT2D eigenvalue weighted by Gasteiger charge is -2.41. The van der Waals surface area contributed by atoms with Gasteiger partial charge in [0.25, 0.3) is 0 Å². The minimum atomic E-state index is 0.490. The van der Waals surface area contributed by atoms with Gasteiger partial charge >= 0.3 is 0 Å². The van der Waals surface area contributed by atoms with Crippen LogP contribution in [0.4, 0.5) is 0 Å². The molecule has 0 saturated heterocycles. The molecule has 2 unspecified atom stereocenters. The third-order valence-electron chi connectivity index (χ3n) is 5.44. The molecule has 0 heterocycles. The highest BCUT2D eigenvalue weighted by Crippen LogP contribution is 2.58. The van der Waals surface area contributed by atoms with Crippen molar-refractivity contribution in [3.05, 3.63) is 41.0 Å². The van der Waals surface area contributed by atoms with Crippen molar-refractivity contribution in [2.45, 2.75) is 43.9 Å². The molecule has 1 nitrogen and oxygen atoms in total. The molecule has 1 fully saturated rings. The number of ether oxygens (including phenoxy) is 1. The molecule has 0 amide bonds. The summed E-state index contributed by atoms with van der Waals surface area (Å²) in [4.78, 5) is 0. The molecule has 94 valence electrons. The van der Waals surface area contributed by atoms with Crippen LogP contribution in [0.1, 0.15) is 43.2 Å². The second kappa shape index (κ2) is 3.63. The molecule has 2 bridgehead atoms. The van der Waals surface area contributed by atoms with Crippen molar-refractivity contribution in [2.75, 3.05) is 7.11 Å². The monoisotopic (exact) mass is 240 g/mol. The van der Waals surface area contributed by atoms with Crippen molar-refractivity contribution in [3.63, 3.8) is 0 Å². The molecule has 3 aliphatic carbocycles. The van der Waals surface area contributed by atoms with Gasteiger partial charge in [0.05, 0.1) is 7.11 Å². The van der Waals surface area contributed by atoms with Crippen LogP contribution in [-0.4, -0.2) is 7.11 Å². The van der Waals surface area contributed by atoms with Crippen molar-refractivity contribution in [1.29, 1.82) is 0 Å². The molecular weight excluding hydrogens is 220 g/mol. The van der Waals surface area contributed by atoms with Crippen LogP contribution in [0.25, 0.3) is 0 Å². The molecule has 0 N–H and O–H groups in total. The van der Waals surface area contributed by atoms with Gasteiger partial charge in [-0.15, -0.1) is 0 Å². The van der Waals surface area contributed by atoms with Gasteiger partial charge in [-0.05, 0) is 67.7 Å². The van der Waals surface area contributed by atoms with Crippen molar-refractivity contribution >= 4 is 0 Å². The van der Waals surface area contributed by atoms with E-state index in [4.69, 9.17) is 4.74 Å². The average molecular weight is 240 g/mol. The van der Waals surface area contributed by atoms with E-state index < -0.39 is 0 Å². The first-order chi connectivity index (χ1) is 8.82. The van der Waals surface area contributed by atoms with E-state index >= 15 is 0 Å². The predicted molar refractivity (Wildman–Crippen MR) is 73.0 cm³/mol. The van der Waals surface area contributed by atoms with Crippen LogP contribution in [0, 0.1) is 5.92 Å². The minimum Gasteiger partial charge on any atom is -0.497 e. The smallest absolute Gasteiger partial charge is 0.119 e. The molecule has 1 saturated carbocycles. The topological polar surface area (TPSA) is 9.23 Å². The van der Waals surface area contributed by atoms with Crippen LogP contribution < -0.4 is 4.74 Å². The second-order valence-corrected chi connectivity index (χ2v) is 6.21. The summed E-state index contributed by atoms with van der Waals surface area (Å²) in [5.41, 5.74) is 5.41. The minimum absolute atomic E-state index is 0.490. The molecule has 18 heavy (non-hydrogen) atoms. The number of benzene rings is 1. The molecule has 0 radical (unpaired) electrons. The molecule has 4 rings (SSSR count). The van der Waals surface area contributed by atoms with Gasteiger partial charge in [0.1, 0.15) is 5.75 Å². The molecule has 1 heteroatoms. The van der Waals surface area contributed by atoms with E-state index in [9.17, 15) is 0 Å². The third-order valence-corrected chi connectivity index (χ3v) is 5.44. The van der Waals surface area contributed by atoms with E-state index in [0.717, 1.165) is 11.7 Å². The fourth-order valence-electron chi connectivity index (χ4n) is 4.63. The number of fused-ring (bicyclic) bond motifs is 5. The summed E-state index contributed by atoms with van der Waals surface area (Å²) in [6, 6.07) is 6.79. The first-order valence-corrected chi connectivity index (χ1v) is 7.17. The van der Waals surface area contributed by atoms with Crippen LogP contribution in [0.2, 0.25) is 0 Å². The lowest BCUT2D eigenvalue weighted by Crippen LogP contribution is -2.35. The summed E-state index contributed by atoms with van der Waals surface area (Å²) in [7, 11) is 1.77. The van der Waals surface area contributed by atoms with Crippen molar-refractivity contribution < 1.29 is 4.74 Å². The first kappa shape index (κ1) is 10.7. The summed E-state index contributed by atoms with van der Waals surface area (Å²) in [6.07, 6.45) is 10.5. The van der Waals surface area contributed by atoms with Crippen LogP contribution in [0.15, 0.2) is 29.8 Å². The van der Waals surface area contributed by atoms with Gasteiger partial charge in [0.15, 0.2) is 0 Å². The number of hydrogen-bond donors (Lipinski definition) is 0. The first-order valence-electron chi connectivity index (χ1n) is 7.17. The van der Waals surface area contributed by atoms with E-state index in [1.807, 2.05) is 0 Å². The fraction of sp³-hybridized carbons (Fsp3) is 0.529. The fourth-order valence-corrected chi connectivity index (χ4v) is 4.63. The Morgan fingerprint density at radius 3 is 3.00 bits per heavy atom. The molecule has 2 atom stereocenters. The maximum absolute atomic E-state index is 5.38. The molecule has 1 aromatic rings. The highest BCUT2D eigenvalue weighted by Gasteiger charge is 2.49. The van der Waals surface area contributed by atoms with Gasteiger partial charge in [-0.25, -0.2) is 0 Å². The van der Waals surface area contributed by atoms with Crippen LogP contribution in [0.5, 0.6) is 5.75 Å². The largest absolute Gasteiger partial charge is 0.497 e. The lowest BCUT2D eigenvalue weighted by molar-refractivity contribution is 0.269. The highest BCUT2D eigenvalue weighted by atomic mass is 16.5. The van der Waals surface area contributed by atoms with Gasteiger partial charge in [0.2, 0.25) is 0 Å². The van der Waals surface area contributed by atoms with Gasteiger partial charge in [-0.3, -0.25) is 0 Å². The Morgan fingerprint density at radius 2 is 2.28 bits per heavy atom. The van der Waals surface area contributed by atoms with E-state index in [-0.39, 0.29) is 0 Å². The van der Waals surface area contributed by atoms with Crippen LogP contribution in [-0.2, 0) is 11.8 Å². The number of methoxy groups -OCH3 is 1. The van der Waals surface area contributed by atoms with Crippen molar-refractivity contribution in [3.8, 4) is 5.75 Å². The van der Waals surface area contributed by atoms with E-state index in [1.54, 1.807) is 23.8 Å². The van der Waals surface area contributed by atoms with Crippen LogP contribution in [0.3, 0.4) is 0 Å². The number of hydrogen-bond acceptors (Lipinski definition) is 1. The molecule has 0 aliphatic heterocycles. The van der Waals surface area contributed by atoms with E-state index in [1.165, 1.54) is 38.5 Å². The molecule has 1 aromatic carbocycles. The van der Waals surface area contributed by atoms with E-state index in [2.05, 4.69) is 24.3 Å². The maximum atomic E-state index is 5.38. The zero-order valence-corrected chi connectivity index (χ0v) is 11.0.